The van der Waals surface area contributed by atoms with Crippen molar-refractivity contribution in [3.8, 4) is 0 Å². The van der Waals surface area contributed by atoms with E-state index in [9.17, 15) is 4.79 Å². The van der Waals surface area contributed by atoms with E-state index in [2.05, 4.69) is 10.3 Å². The second-order valence-electron chi connectivity index (χ2n) is 3.61. The highest BCUT2D eigenvalue weighted by molar-refractivity contribution is 7.09. The van der Waals surface area contributed by atoms with Gasteiger partial charge in [0.2, 0.25) is 0 Å². The molecule has 4 nitrogen and oxygen atoms in total. The molecule has 5 heteroatoms. The molecule has 0 fully saturated rings. The van der Waals surface area contributed by atoms with Gasteiger partial charge in [0.1, 0.15) is 5.69 Å². The van der Waals surface area contributed by atoms with Gasteiger partial charge >= 0.3 is 0 Å². The van der Waals surface area contributed by atoms with Gasteiger partial charge in [0.15, 0.2) is 0 Å². The molecular formula is C12H13N3OS. The highest BCUT2D eigenvalue weighted by Crippen LogP contribution is 2.13. The molecule has 0 unspecified atom stereocenters. The minimum Gasteiger partial charge on any atom is -0.326 e. The van der Waals surface area contributed by atoms with Gasteiger partial charge in [-0.25, -0.2) is 4.98 Å². The molecule has 0 atom stereocenters. The Kier molecular flexibility index (Phi) is 3.51. The van der Waals surface area contributed by atoms with Crippen molar-refractivity contribution in [3.05, 3.63) is 45.9 Å². The number of benzene rings is 1. The summed E-state index contributed by atoms with van der Waals surface area (Å²) < 4.78 is 0. The van der Waals surface area contributed by atoms with Crippen LogP contribution in [0.1, 0.15) is 21.1 Å². The predicted molar refractivity (Wildman–Crippen MR) is 69.1 cm³/mol. The topological polar surface area (TPSA) is 68.0 Å². The lowest BCUT2D eigenvalue weighted by molar-refractivity contribution is 0.102. The summed E-state index contributed by atoms with van der Waals surface area (Å²) >= 11 is 1.46. The van der Waals surface area contributed by atoms with Crippen molar-refractivity contribution in [2.45, 2.75) is 13.5 Å². The number of rotatable bonds is 3. The Hall–Kier alpha value is -1.72. The standard InChI is InChI=1S/C12H13N3OS/c1-8-14-11(7-17-8)12(16)15-10-4-2-3-9(5-10)6-13/h2-5,7H,6,13H2,1H3,(H,15,16). The van der Waals surface area contributed by atoms with E-state index in [1.807, 2.05) is 31.2 Å². The first-order valence-electron chi connectivity index (χ1n) is 5.21. The summed E-state index contributed by atoms with van der Waals surface area (Å²) in [5, 5.41) is 5.42. The van der Waals surface area contributed by atoms with Gasteiger partial charge < -0.3 is 11.1 Å². The molecule has 0 aliphatic heterocycles. The molecule has 88 valence electrons. The van der Waals surface area contributed by atoms with Crippen LogP contribution in [0.4, 0.5) is 5.69 Å². The van der Waals surface area contributed by atoms with Gasteiger partial charge in [0.05, 0.1) is 5.01 Å². The number of anilines is 1. The van der Waals surface area contributed by atoms with E-state index >= 15 is 0 Å². The zero-order valence-corrected chi connectivity index (χ0v) is 10.3. The molecule has 2 rings (SSSR count). The van der Waals surface area contributed by atoms with Crippen molar-refractivity contribution < 1.29 is 4.79 Å². The van der Waals surface area contributed by atoms with E-state index in [1.165, 1.54) is 11.3 Å². The number of nitrogens with two attached hydrogens (primary N) is 1. The van der Waals surface area contributed by atoms with E-state index in [0.29, 0.717) is 12.2 Å². The smallest absolute Gasteiger partial charge is 0.275 e. The van der Waals surface area contributed by atoms with E-state index in [0.717, 1.165) is 16.3 Å². The SMILES string of the molecule is Cc1nc(C(=O)Nc2cccc(CN)c2)cs1. The van der Waals surface area contributed by atoms with E-state index in [4.69, 9.17) is 5.73 Å². The molecular weight excluding hydrogens is 234 g/mol. The van der Waals surface area contributed by atoms with E-state index in [-0.39, 0.29) is 5.91 Å². The highest BCUT2D eigenvalue weighted by atomic mass is 32.1. The number of carbonyl (C=O) groups excluding carboxylic acids is 1. The van der Waals surface area contributed by atoms with Gasteiger partial charge in [-0.05, 0) is 24.6 Å². The number of hydrogen-bond acceptors (Lipinski definition) is 4. The number of thiazole rings is 1. The predicted octanol–water partition coefficient (Wildman–Crippen LogP) is 2.16. The minimum atomic E-state index is -0.191. The summed E-state index contributed by atoms with van der Waals surface area (Å²) in [4.78, 5) is 16.0. The van der Waals surface area contributed by atoms with Crippen LogP contribution in [-0.2, 0) is 6.54 Å². The molecule has 0 radical (unpaired) electrons. The molecule has 1 amide bonds. The van der Waals surface area contributed by atoms with Gasteiger partial charge in [-0.15, -0.1) is 11.3 Å². The van der Waals surface area contributed by atoms with Crippen molar-refractivity contribution >= 4 is 22.9 Å². The molecule has 0 bridgehead atoms. The number of aromatic nitrogens is 1. The lowest BCUT2D eigenvalue weighted by Crippen LogP contribution is -2.12. The van der Waals surface area contributed by atoms with E-state index < -0.39 is 0 Å². The number of carbonyl (C=O) groups is 1. The van der Waals surface area contributed by atoms with Gasteiger partial charge in [-0.3, -0.25) is 4.79 Å². The lowest BCUT2D eigenvalue weighted by Gasteiger charge is -2.04. The molecule has 0 aliphatic rings. The van der Waals surface area contributed by atoms with Gasteiger partial charge in [0.25, 0.3) is 5.91 Å². The maximum absolute atomic E-state index is 11.8. The number of nitrogens with zero attached hydrogens (tertiary/aromatic N) is 1. The average molecular weight is 247 g/mol. The van der Waals surface area contributed by atoms with Gasteiger partial charge in [0, 0.05) is 17.6 Å². The number of hydrogen-bond donors (Lipinski definition) is 2. The Morgan fingerprint density at radius 3 is 3.00 bits per heavy atom. The minimum absolute atomic E-state index is 0.191. The van der Waals surface area contributed by atoms with Crippen molar-refractivity contribution in [1.29, 1.82) is 0 Å². The molecule has 1 heterocycles. The van der Waals surface area contributed by atoms with Crippen LogP contribution in [0.5, 0.6) is 0 Å². The molecule has 1 aromatic heterocycles. The normalized spacial score (nSPS) is 10.2. The fourth-order valence-corrected chi connectivity index (χ4v) is 2.03. The lowest BCUT2D eigenvalue weighted by atomic mass is 10.2. The fourth-order valence-electron chi connectivity index (χ4n) is 1.44. The summed E-state index contributed by atoms with van der Waals surface area (Å²) in [6.07, 6.45) is 0. The quantitative estimate of drug-likeness (QED) is 0.873. The molecule has 17 heavy (non-hydrogen) atoms. The van der Waals surface area contributed by atoms with E-state index in [1.54, 1.807) is 5.38 Å². The summed E-state index contributed by atoms with van der Waals surface area (Å²) in [6, 6.07) is 7.47. The highest BCUT2D eigenvalue weighted by Gasteiger charge is 2.09. The van der Waals surface area contributed by atoms with Crippen LogP contribution < -0.4 is 11.1 Å². The maximum Gasteiger partial charge on any atom is 0.275 e. The summed E-state index contributed by atoms with van der Waals surface area (Å²) in [5.41, 5.74) is 7.71. The zero-order valence-electron chi connectivity index (χ0n) is 9.43. The monoisotopic (exact) mass is 247 g/mol. The van der Waals surface area contributed by atoms with Crippen LogP contribution >= 0.6 is 11.3 Å². The Morgan fingerprint density at radius 1 is 1.53 bits per heavy atom. The van der Waals surface area contributed by atoms with Crippen LogP contribution in [0, 0.1) is 6.92 Å². The third-order valence-corrected chi connectivity index (χ3v) is 3.05. The second-order valence-corrected chi connectivity index (χ2v) is 4.67. The first-order valence-corrected chi connectivity index (χ1v) is 6.09. The first-order chi connectivity index (χ1) is 8.19. The summed E-state index contributed by atoms with van der Waals surface area (Å²) in [6.45, 7) is 2.33. The van der Waals surface area contributed by atoms with Crippen molar-refractivity contribution in [2.24, 2.45) is 5.73 Å². The van der Waals surface area contributed by atoms with Crippen molar-refractivity contribution in [2.75, 3.05) is 5.32 Å². The Morgan fingerprint density at radius 2 is 2.35 bits per heavy atom. The molecule has 1 aromatic carbocycles. The molecule has 0 spiro atoms. The van der Waals surface area contributed by atoms with Crippen LogP contribution in [0.2, 0.25) is 0 Å². The third-order valence-electron chi connectivity index (χ3n) is 2.27. The Labute approximate surface area is 103 Å². The zero-order chi connectivity index (χ0) is 12.3. The first kappa shape index (κ1) is 11.8. The molecule has 2 aromatic rings. The average Bonchev–Trinajstić information content (AvgIpc) is 2.76. The number of aryl methyl sites for hydroxylation is 1. The number of nitrogens with one attached hydrogen (secondary N) is 1. The van der Waals surface area contributed by atoms with Crippen LogP contribution in [-0.4, -0.2) is 10.9 Å². The molecule has 3 N–H and O–H groups in total. The third kappa shape index (κ3) is 2.89. The van der Waals surface area contributed by atoms with Gasteiger partial charge in [-0.2, -0.15) is 0 Å². The molecule has 0 saturated carbocycles. The van der Waals surface area contributed by atoms with Crippen LogP contribution in [0.15, 0.2) is 29.6 Å². The Balaban J connectivity index is 2.12. The molecule has 0 saturated heterocycles. The fraction of sp³-hybridized carbons (Fsp3) is 0.167. The molecule has 0 aliphatic carbocycles. The number of amides is 1. The summed E-state index contributed by atoms with van der Waals surface area (Å²) in [5.74, 6) is -0.191. The van der Waals surface area contributed by atoms with Crippen molar-refractivity contribution in [1.82, 2.24) is 4.98 Å². The maximum atomic E-state index is 11.8. The van der Waals surface area contributed by atoms with Gasteiger partial charge in [-0.1, -0.05) is 12.1 Å². The second kappa shape index (κ2) is 5.07. The Bertz CT molecular complexity index is 536. The summed E-state index contributed by atoms with van der Waals surface area (Å²) in [7, 11) is 0. The van der Waals surface area contributed by atoms with Crippen LogP contribution in [0.25, 0.3) is 0 Å². The largest absolute Gasteiger partial charge is 0.326 e. The van der Waals surface area contributed by atoms with Crippen LogP contribution in [0.3, 0.4) is 0 Å². The van der Waals surface area contributed by atoms with Crippen molar-refractivity contribution in [3.63, 3.8) is 0 Å².